The monoisotopic (exact) mass is 893 g/mol. The molecule has 0 spiro atoms. The molecule has 0 atom stereocenters. The first kappa shape index (κ1) is 38.8. The number of para-hydroxylation sites is 1. The summed E-state index contributed by atoms with van der Waals surface area (Å²) in [4.78, 5) is 11.6. The van der Waals surface area contributed by atoms with Crippen molar-refractivity contribution in [2.45, 2.75) is 78.6 Å². The van der Waals surface area contributed by atoms with Crippen molar-refractivity contribution in [1.29, 1.82) is 0 Å². The molecule has 7 rings (SSSR count). The molecule has 0 aliphatic carbocycles. The van der Waals surface area contributed by atoms with Crippen LogP contribution >= 0.6 is 0 Å². The Morgan fingerprint density at radius 1 is 0.667 bits per heavy atom. The fourth-order valence-electron chi connectivity index (χ4n) is 6.46. The summed E-state index contributed by atoms with van der Waals surface area (Å²) in [5.74, 6) is 2.64. The van der Waals surface area contributed by atoms with E-state index < -0.39 is 0 Å². The van der Waals surface area contributed by atoms with Gasteiger partial charge in [0.1, 0.15) is 11.6 Å². The summed E-state index contributed by atoms with van der Waals surface area (Å²) in [7, 11) is 4.44. The maximum Gasteiger partial charge on any atom is 0.135 e. The predicted molar refractivity (Wildman–Crippen MR) is 220 cm³/mol. The summed E-state index contributed by atoms with van der Waals surface area (Å²) in [6.07, 6.45) is 3.82. The van der Waals surface area contributed by atoms with Crippen LogP contribution in [0, 0.1) is 19.2 Å². The molecule has 0 radical (unpaired) electrons. The first-order valence-corrected chi connectivity index (χ1v) is 18.2. The van der Waals surface area contributed by atoms with E-state index in [0.29, 0.717) is 23.0 Å². The zero-order chi connectivity index (χ0) is 37.7. The van der Waals surface area contributed by atoms with Crippen molar-refractivity contribution < 1.29 is 25.8 Å². The van der Waals surface area contributed by atoms with Gasteiger partial charge in [-0.15, -0.1) is 41.4 Å². The molecule has 7 heteroatoms. The molecule has 0 aliphatic heterocycles. The molecule has 0 saturated heterocycles. The normalized spacial score (nSPS) is 12.1. The van der Waals surface area contributed by atoms with Crippen LogP contribution in [0.2, 0.25) is 0 Å². The average Bonchev–Trinajstić information content (AvgIpc) is 3.44. The Balaban J connectivity index is 0.00000497. The summed E-state index contributed by atoms with van der Waals surface area (Å²) in [6.45, 7) is 19.9. The van der Waals surface area contributed by atoms with Crippen molar-refractivity contribution in [2.75, 3.05) is 10.2 Å². The first-order valence-electron chi connectivity index (χ1n) is 18.2. The van der Waals surface area contributed by atoms with Crippen LogP contribution in [0.25, 0.3) is 27.6 Å². The van der Waals surface area contributed by atoms with Crippen LogP contribution in [-0.4, -0.2) is 14.5 Å². The van der Waals surface area contributed by atoms with E-state index in [9.17, 15) is 0 Å². The largest absolute Gasteiger partial charge is 0.509 e. The van der Waals surface area contributed by atoms with Gasteiger partial charge < -0.3 is 19.5 Å². The molecule has 4 aromatic carbocycles. The van der Waals surface area contributed by atoms with Crippen LogP contribution in [0.5, 0.6) is 11.5 Å². The number of nitrogens with one attached hydrogen (secondary N) is 1. The van der Waals surface area contributed by atoms with Crippen LogP contribution in [0.4, 0.5) is 22.9 Å². The first-order chi connectivity index (χ1) is 25.1. The maximum atomic E-state index is 6.48. The van der Waals surface area contributed by atoms with Crippen molar-refractivity contribution in [3.8, 4) is 17.3 Å². The number of ether oxygens (including phenoxy) is 1. The Bertz CT molecular complexity index is 2440. The third kappa shape index (κ3) is 7.95. The smallest absolute Gasteiger partial charge is 0.135 e. The third-order valence-electron chi connectivity index (χ3n) is 9.66. The fraction of sp³-hybridized carbons (Fsp3) is 0.255. The van der Waals surface area contributed by atoms with Gasteiger partial charge in [0, 0.05) is 56.2 Å². The average molecular weight is 894 g/mol. The van der Waals surface area contributed by atoms with Crippen LogP contribution in [0.1, 0.15) is 79.0 Å². The molecule has 0 saturated carbocycles. The Kier molecular flexibility index (Phi) is 10.6. The number of benzene rings is 4. The quantitative estimate of drug-likeness (QED) is 0.162. The van der Waals surface area contributed by atoms with Crippen molar-refractivity contribution in [3.05, 3.63) is 145 Å². The molecule has 0 aliphatic rings. The summed E-state index contributed by atoms with van der Waals surface area (Å²) < 4.78 is 8.65. The fourth-order valence-corrected chi connectivity index (χ4v) is 6.46. The second kappa shape index (κ2) is 14.7. The third-order valence-corrected chi connectivity index (χ3v) is 9.66. The SMILES string of the molecule is [CH2-]N(c1[c-]c(Oc2[c-]c3c(cc2)c2ccccc2n3-c2cc(C(C)(C)C)ccn2)ccc1)c1ncc(C(C)(C)C)cc1Nc1cccc(C(C)(C)C)c1.[Pt]. The molecule has 0 amide bonds. The zero-order valence-corrected chi connectivity index (χ0v) is 34.9. The molecule has 1 N–H and O–H groups in total. The summed E-state index contributed by atoms with van der Waals surface area (Å²) >= 11 is 0. The van der Waals surface area contributed by atoms with Gasteiger partial charge in [-0.05, 0) is 74.7 Å². The molecule has 6 nitrogen and oxygen atoms in total. The number of nitrogens with zero attached hydrogens (tertiary/aromatic N) is 4. The minimum Gasteiger partial charge on any atom is -0.509 e. The molecule has 3 heterocycles. The van der Waals surface area contributed by atoms with Gasteiger partial charge in [-0.2, -0.15) is 12.1 Å². The number of hydrogen-bond acceptors (Lipinski definition) is 5. The van der Waals surface area contributed by atoms with Gasteiger partial charge in [0.25, 0.3) is 0 Å². The van der Waals surface area contributed by atoms with Gasteiger partial charge in [0.2, 0.25) is 0 Å². The predicted octanol–water partition coefficient (Wildman–Crippen LogP) is 12.5. The topological polar surface area (TPSA) is 55.2 Å². The zero-order valence-electron chi connectivity index (χ0n) is 32.6. The van der Waals surface area contributed by atoms with E-state index in [1.165, 1.54) is 11.1 Å². The Morgan fingerprint density at radius 2 is 1.35 bits per heavy atom. The molecule has 280 valence electrons. The van der Waals surface area contributed by atoms with Gasteiger partial charge in [-0.1, -0.05) is 98.2 Å². The van der Waals surface area contributed by atoms with Crippen LogP contribution in [-0.2, 0) is 37.3 Å². The van der Waals surface area contributed by atoms with Crippen molar-refractivity contribution >= 4 is 44.7 Å². The summed E-state index contributed by atoms with van der Waals surface area (Å²) in [6, 6.07) is 40.2. The van der Waals surface area contributed by atoms with Crippen LogP contribution in [0.15, 0.2) is 109 Å². The van der Waals surface area contributed by atoms with Gasteiger partial charge >= 0.3 is 0 Å². The molecule has 54 heavy (non-hydrogen) atoms. The van der Waals surface area contributed by atoms with E-state index in [4.69, 9.17) is 14.7 Å². The summed E-state index contributed by atoms with van der Waals surface area (Å²) in [5, 5.41) is 5.87. The number of anilines is 4. The Hall–Kier alpha value is -4.93. The Labute approximate surface area is 334 Å². The number of rotatable bonds is 7. The maximum absolute atomic E-state index is 6.48. The number of aromatic nitrogens is 3. The number of fused-ring (bicyclic) bond motifs is 3. The summed E-state index contributed by atoms with van der Waals surface area (Å²) in [5.41, 5.74) is 8.01. The van der Waals surface area contributed by atoms with Gasteiger partial charge in [-0.3, -0.25) is 7.05 Å². The molecule has 7 aromatic rings. The van der Waals surface area contributed by atoms with E-state index in [1.807, 2.05) is 36.7 Å². The van der Waals surface area contributed by atoms with Crippen molar-refractivity contribution in [1.82, 2.24) is 14.5 Å². The second-order valence-corrected chi connectivity index (χ2v) is 16.8. The second-order valence-electron chi connectivity index (χ2n) is 16.8. The number of hydrogen-bond donors (Lipinski definition) is 1. The molecular weight excluding hydrogens is 846 g/mol. The molecule has 3 aromatic heterocycles. The van der Waals surface area contributed by atoms with Crippen molar-refractivity contribution in [2.24, 2.45) is 0 Å². The number of pyridine rings is 2. The molecular formula is C47H48N5OPt-3. The molecule has 0 fully saturated rings. The van der Waals surface area contributed by atoms with E-state index in [2.05, 4.69) is 164 Å². The minimum absolute atomic E-state index is 0. The van der Waals surface area contributed by atoms with Crippen LogP contribution < -0.4 is 15.0 Å². The van der Waals surface area contributed by atoms with Gasteiger partial charge in [0.15, 0.2) is 0 Å². The van der Waals surface area contributed by atoms with Crippen LogP contribution in [0.3, 0.4) is 0 Å². The van der Waals surface area contributed by atoms with E-state index >= 15 is 0 Å². The van der Waals surface area contributed by atoms with E-state index in [1.54, 1.807) is 4.90 Å². The minimum atomic E-state index is -0.0874. The van der Waals surface area contributed by atoms with Gasteiger partial charge in [0.05, 0.1) is 5.69 Å². The standard InChI is InChI=1S/C47H48N5O.Pt/c1-45(2,3)31-15-13-16-34(25-31)50-40-26-33(47(7,8)9)30-49-44(40)51(10)35-17-14-18-36(28-35)53-37-21-22-39-38-19-11-12-20-41(38)52(42(39)29-37)43-27-32(23-24-48-43)46(4,5)6;/h11-27,30,50H,10H2,1-9H3;/q-3;. The van der Waals surface area contributed by atoms with E-state index in [0.717, 1.165) is 44.6 Å². The van der Waals surface area contributed by atoms with Gasteiger partial charge in [-0.25, -0.2) is 9.97 Å². The van der Waals surface area contributed by atoms with E-state index in [-0.39, 0.29) is 37.3 Å². The Morgan fingerprint density at radius 3 is 2.09 bits per heavy atom. The molecule has 0 unspecified atom stereocenters. The van der Waals surface area contributed by atoms with Crippen molar-refractivity contribution in [3.63, 3.8) is 0 Å². The molecule has 0 bridgehead atoms.